The van der Waals surface area contributed by atoms with Crippen LogP contribution in [-0.2, 0) is 0 Å². The number of aromatic nitrogens is 3. The Hall–Kier alpha value is -2.01. The van der Waals surface area contributed by atoms with Gasteiger partial charge in [-0.1, -0.05) is 19.9 Å². The Morgan fingerprint density at radius 2 is 2.14 bits per heavy atom. The van der Waals surface area contributed by atoms with Crippen LogP contribution in [-0.4, -0.2) is 21.5 Å². The number of nitrogens with one attached hydrogen (secondary N) is 1. The van der Waals surface area contributed by atoms with Crippen LogP contribution in [0.1, 0.15) is 25.3 Å². The largest absolute Gasteiger partial charge is 0.369 e. The molecule has 3 rings (SSSR count). The highest BCUT2D eigenvalue weighted by Gasteiger charge is 2.16. The first-order valence-corrected chi connectivity index (χ1v) is 7.95. The maximum absolute atomic E-state index is 4.37. The highest BCUT2D eigenvalue weighted by molar-refractivity contribution is 7.16. The maximum Gasteiger partial charge on any atom is 0.138 e. The third-order valence-electron chi connectivity index (χ3n) is 3.67. The highest BCUT2D eigenvalue weighted by atomic mass is 32.1. The zero-order valence-corrected chi connectivity index (χ0v) is 13.0. The number of hydrogen-bond donors (Lipinski definition) is 1. The molecule has 1 N–H and O–H groups in total. The standard InChI is InChI=1S/C16H18N4S/c1-11(2)14(12-4-3-6-17-8-12)9-18-15-13-5-7-21-16(13)20-10-19-15/h3-8,10-11,14H,9H2,1-2H3,(H,18,19,20). The van der Waals surface area contributed by atoms with Crippen molar-refractivity contribution < 1.29 is 0 Å². The number of anilines is 1. The van der Waals surface area contributed by atoms with Gasteiger partial charge in [0.05, 0.1) is 5.39 Å². The molecule has 1 unspecified atom stereocenters. The molecule has 4 nitrogen and oxygen atoms in total. The van der Waals surface area contributed by atoms with Crippen LogP contribution in [0, 0.1) is 5.92 Å². The van der Waals surface area contributed by atoms with Crippen molar-refractivity contribution in [3.63, 3.8) is 0 Å². The number of nitrogens with zero attached hydrogens (tertiary/aromatic N) is 3. The second-order valence-corrected chi connectivity index (χ2v) is 6.27. The third kappa shape index (κ3) is 3.03. The van der Waals surface area contributed by atoms with Gasteiger partial charge in [-0.2, -0.15) is 0 Å². The molecule has 21 heavy (non-hydrogen) atoms. The van der Waals surface area contributed by atoms with Crippen molar-refractivity contribution in [2.24, 2.45) is 5.92 Å². The lowest BCUT2D eigenvalue weighted by atomic mass is 9.89. The molecule has 108 valence electrons. The van der Waals surface area contributed by atoms with Crippen molar-refractivity contribution in [1.29, 1.82) is 0 Å². The summed E-state index contributed by atoms with van der Waals surface area (Å²) in [7, 11) is 0. The van der Waals surface area contributed by atoms with Crippen LogP contribution < -0.4 is 5.32 Å². The van der Waals surface area contributed by atoms with Gasteiger partial charge in [0, 0.05) is 24.9 Å². The van der Waals surface area contributed by atoms with Crippen LogP contribution in [0.4, 0.5) is 5.82 Å². The molecule has 0 saturated carbocycles. The SMILES string of the molecule is CC(C)C(CNc1ncnc2sccc12)c1cccnc1. The lowest BCUT2D eigenvalue weighted by molar-refractivity contribution is 0.515. The van der Waals surface area contributed by atoms with E-state index in [4.69, 9.17) is 0 Å². The minimum absolute atomic E-state index is 0.405. The van der Waals surface area contributed by atoms with Gasteiger partial charge in [-0.3, -0.25) is 4.98 Å². The lowest BCUT2D eigenvalue weighted by Gasteiger charge is -2.21. The molecule has 5 heteroatoms. The summed E-state index contributed by atoms with van der Waals surface area (Å²) in [6, 6.07) is 6.20. The third-order valence-corrected chi connectivity index (χ3v) is 4.49. The fraction of sp³-hybridized carbons (Fsp3) is 0.312. The topological polar surface area (TPSA) is 50.7 Å². The monoisotopic (exact) mass is 298 g/mol. The molecule has 0 bridgehead atoms. The predicted molar refractivity (Wildman–Crippen MR) is 87.7 cm³/mol. The first-order valence-electron chi connectivity index (χ1n) is 7.07. The Balaban J connectivity index is 1.80. The molecule has 0 aliphatic carbocycles. The summed E-state index contributed by atoms with van der Waals surface area (Å²) in [5, 5.41) is 6.62. The van der Waals surface area contributed by atoms with Crippen molar-refractivity contribution in [2.75, 3.05) is 11.9 Å². The molecule has 0 aliphatic heterocycles. The van der Waals surface area contributed by atoms with E-state index < -0.39 is 0 Å². The molecule has 1 atom stereocenters. The molecule has 3 heterocycles. The fourth-order valence-electron chi connectivity index (χ4n) is 2.47. The van der Waals surface area contributed by atoms with Gasteiger partial charge in [0.2, 0.25) is 0 Å². The summed E-state index contributed by atoms with van der Waals surface area (Å²) in [5.74, 6) is 1.85. The zero-order chi connectivity index (χ0) is 14.7. The van der Waals surface area contributed by atoms with Gasteiger partial charge in [0.15, 0.2) is 0 Å². The Labute approximate surface area is 128 Å². The summed E-state index contributed by atoms with van der Waals surface area (Å²) < 4.78 is 0. The van der Waals surface area contributed by atoms with E-state index in [0.29, 0.717) is 11.8 Å². The van der Waals surface area contributed by atoms with Gasteiger partial charge in [-0.25, -0.2) is 9.97 Å². The molecule has 0 amide bonds. The smallest absolute Gasteiger partial charge is 0.138 e. The minimum atomic E-state index is 0.405. The fourth-order valence-corrected chi connectivity index (χ4v) is 3.20. The molecule has 3 aromatic rings. The summed E-state index contributed by atoms with van der Waals surface area (Å²) in [5.41, 5.74) is 1.26. The van der Waals surface area contributed by atoms with Crippen molar-refractivity contribution in [2.45, 2.75) is 19.8 Å². The van der Waals surface area contributed by atoms with Gasteiger partial charge in [-0.15, -0.1) is 11.3 Å². The number of pyridine rings is 1. The summed E-state index contributed by atoms with van der Waals surface area (Å²) in [4.78, 5) is 13.9. The van der Waals surface area contributed by atoms with Crippen LogP contribution in [0.25, 0.3) is 10.2 Å². The van der Waals surface area contributed by atoms with Gasteiger partial charge in [0.25, 0.3) is 0 Å². The molecular weight excluding hydrogens is 280 g/mol. The molecule has 0 radical (unpaired) electrons. The first-order chi connectivity index (χ1) is 10.3. The van der Waals surface area contributed by atoms with Gasteiger partial charge < -0.3 is 5.32 Å². The average Bonchev–Trinajstić information content (AvgIpc) is 2.97. The molecule has 0 fully saturated rings. The van der Waals surface area contributed by atoms with Crippen LogP contribution >= 0.6 is 11.3 Å². The van der Waals surface area contributed by atoms with E-state index in [0.717, 1.165) is 22.6 Å². The predicted octanol–water partition coefficient (Wildman–Crippen LogP) is 3.94. The molecule has 3 aromatic heterocycles. The van der Waals surface area contributed by atoms with Crippen LogP contribution in [0.2, 0.25) is 0 Å². The Kier molecular flexibility index (Phi) is 4.10. The van der Waals surface area contributed by atoms with Gasteiger partial charge in [0.1, 0.15) is 17.0 Å². The highest BCUT2D eigenvalue weighted by Crippen LogP contribution is 2.27. The van der Waals surface area contributed by atoms with E-state index >= 15 is 0 Å². The summed E-state index contributed by atoms with van der Waals surface area (Å²) in [6.07, 6.45) is 5.38. The minimum Gasteiger partial charge on any atom is -0.369 e. The van der Waals surface area contributed by atoms with E-state index in [-0.39, 0.29) is 0 Å². The second-order valence-electron chi connectivity index (χ2n) is 5.38. The van der Waals surface area contributed by atoms with Crippen LogP contribution in [0.15, 0.2) is 42.3 Å². The van der Waals surface area contributed by atoms with Gasteiger partial charge in [-0.05, 0) is 29.0 Å². The van der Waals surface area contributed by atoms with E-state index in [1.54, 1.807) is 17.7 Å². The average molecular weight is 298 g/mol. The Morgan fingerprint density at radius 3 is 2.90 bits per heavy atom. The molecular formula is C16H18N4S. The Morgan fingerprint density at radius 1 is 1.24 bits per heavy atom. The second kappa shape index (κ2) is 6.18. The number of thiophene rings is 1. The van der Waals surface area contributed by atoms with Crippen LogP contribution in [0.5, 0.6) is 0 Å². The Bertz CT molecular complexity index is 708. The van der Waals surface area contributed by atoms with Crippen molar-refractivity contribution in [3.05, 3.63) is 47.9 Å². The number of fused-ring (bicyclic) bond motifs is 1. The van der Waals surface area contributed by atoms with Crippen molar-refractivity contribution in [1.82, 2.24) is 15.0 Å². The van der Waals surface area contributed by atoms with E-state index in [9.17, 15) is 0 Å². The molecule has 0 aliphatic rings. The van der Waals surface area contributed by atoms with Gasteiger partial charge >= 0.3 is 0 Å². The zero-order valence-electron chi connectivity index (χ0n) is 12.2. The van der Waals surface area contributed by atoms with E-state index in [2.05, 4.69) is 46.2 Å². The maximum atomic E-state index is 4.37. The van der Waals surface area contributed by atoms with Crippen LogP contribution in [0.3, 0.4) is 0 Å². The molecule has 0 saturated heterocycles. The van der Waals surface area contributed by atoms with Crippen molar-refractivity contribution in [3.8, 4) is 0 Å². The summed E-state index contributed by atoms with van der Waals surface area (Å²) in [6.45, 7) is 5.31. The first kappa shape index (κ1) is 13.9. The number of hydrogen-bond acceptors (Lipinski definition) is 5. The normalized spacial score (nSPS) is 12.7. The number of rotatable bonds is 5. The molecule has 0 spiro atoms. The lowest BCUT2D eigenvalue weighted by Crippen LogP contribution is -2.18. The summed E-state index contributed by atoms with van der Waals surface area (Å²) >= 11 is 1.64. The van der Waals surface area contributed by atoms with E-state index in [1.807, 2.05) is 23.8 Å². The van der Waals surface area contributed by atoms with E-state index in [1.165, 1.54) is 5.56 Å². The van der Waals surface area contributed by atoms with Crippen molar-refractivity contribution >= 4 is 27.4 Å². The molecule has 0 aromatic carbocycles. The quantitative estimate of drug-likeness (QED) is 0.775.